The Labute approximate surface area is 170 Å². The lowest BCUT2D eigenvalue weighted by atomic mass is 9.99. The zero-order chi connectivity index (χ0) is 20.9. The lowest BCUT2D eigenvalue weighted by Crippen LogP contribution is -2.45. The van der Waals surface area contributed by atoms with Gasteiger partial charge in [-0.15, -0.1) is 0 Å². The summed E-state index contributed by atoms with van der Waals surface area (Å²) in [7, 11) is 0. The standard InChI is InChI=1S/C22H16F2N4O2/c1-22(25-21(29)28(27-22)17-4-2-3-16(24)12-17)14-7-10-19-18(11-14)20(30-26-19)13-5-8-15(23)9-6-13/h2-12,27H,1H3,(H,25,29)/t22-/m0/s1. The van der Waals surface area contributed by atoms with Crippen LogP contribution in [-0.4, -0.2) is 11.2 Å². The molecular weight excluding hydrogens is 390 g/mol. The van der Waals surface area contributed by atoms with E-state index in [9.17, 15) is 13.6 Å². The van der Waals surface area contributed by atoms with Gasteiger partial charge in [-0.1, -0.05) is 17.3 Å². The molecule has 1 atom stereocenters. The van der Waals surface area contributed by atoms with E-state index in [0.29, 0.717) is 22.5 Å². The van der Waals surface area contributed by atoms with Crippen LogP contribution in [0.15, 0.2) is 71.3 Å². The van der Waals surface area contributed by atoms with E-state index in [0.717, 1.165) is 10.9 Å². The smallest absolute Gasteiger partial charge is 0.338 e. The number of benzene rings is 3. The number of carbonyl (C=O) groups excluding carboxylic acids is 1. The topological polar surface area (TPSA) is 70.4 Å². The van der Waals surface area contributed by atoms with Crippen LogP contribution in [0.4, 0.5) is 19.3 Å². The number of hydrazine groups is 1. The van der Waals surface area contributed by atoms with Crippen molar-refractivity contribution in [2.24, 2.45) is 0 Å². The van der Waals surface area contributed by atoms with Gasteiger partial charge in [0.15, 0.2) is 5.76 Å². The van der Waals surface area contributed by atoms with Crippen molar-refractivity contribution in [2.45, 2.75) is 12.6 Å². The summed E-state index contributed by atoms with van der Waals surface area (Å²) in [5.74, 6) is -0.279. The predicted octanol–water partition coefficient (Wildman–Crippen LogP) is 4.68. The molecule has 8 heteroatoms. The highest BCUT2D eigenvalue weighted by atomic mass is 19.1. The van der Waals surface area contributed by atoms with E-state index in [2.05, 4.69) is 15.9 Å². The van der Waals surface area contributed by atoms with Crippen LogP contribution in [0.1, 0.15) is 12.5 Å². The molecule has 1 aromatic heterocycles. The maximum absolute atomic E-state index is 13.6. The Morgan fingerprint density at radius 3 is 2.57 bits per heavy atom. The fourth-order valence-electron chi connectivity index (χ4n) is 3.57. The molecule has 1 aliphatic rings. The Balaban J connectivity index is 1.53. The number of nitrogens with one attached hydrogen (secondary N) is 2. The number of rotatable bonds is 3. The average molecular weight is 406 g/mol. The summed E-state index contributed by atoms with van der Waals surface area (Å²) >= 11 is 0. The van der Waals surface area contributed by atoms with Gasteiger partial charge >= 0.3 is 6.03 Å². The quantitative estimate of drug-likeness (QED) is 0.518. The fraction of sp³-hybridized carbons (Fsp3) is 0.0909. The van der Waals surface area contributed by atoms with Crippen molar-refractivity contribution in [1.82, 2.24) is 15.9 Å². The van der Waals surface area contributed by atoms with Crippen LogP contribution in [-0.2, 0) is 5.66 Å². The summed E-state index contributed by atoms with van der Waals surface area (Å²) in [4.78, 5) is 12.6. The Bertz CT molecular complexity index is 1270. The van der Waals surface area contributed by atoms with E-state index in [1.165, 1.54) is 35.3 Å². The number of fused-ring (bicyclic) bond motifs is 1. The van der Waals surface area contributed by atoms with Gasteiger partial charge in [0.25, 0.3) is 0 Å². The molecule has 2 heterocycles. The second-order valence-corrected chi connectivity index (χ2v) is 7.23. The molecule has 1 aliphatic heterocycles. The third-order valence-corrected chi connectivity index (χ3v) is 5.12. The maximum atomic E-state index is 13.6. The van der Waals surface area contributed by atoms with Crippen molar-refractivity contribution in [3.63, 3.8) is 0 Å². The third kappa shape index (κ3) is 2.98. The summed E-state index contributed by atoms with van der Waals surface area (Å²) in [5.41, 5.74) is 4.60. The van der Waals surface area contributed by atoms with Crippen LogP contribution in [0.2, 0.25) is 0 Å². The van der Waals surface area contributed by atoms with Crippen molar-refractivity contribution in [1.29, 1.82) is 0 Å². The van der Waals surface area contributed by atoms with Crippen LogP contribution in [0.25, 0.3) is 22.2 Å². The molecule has 5 rings (SSSR count). The molecule has 1 fully saturated rings. The van der Waals surface area contributed by atoms with E-state index in [1.54, 1.807) is 31.2 Å². The lowest BCUT2D eigenvalue weighted by molar-refractivity contribution is 0.248. The summed E-state index contributed by atoms with van der Waals surface area (Å²) in [5, 5.41) is 8.95. The highest BCUT2D eigenvalue weighted by Crippen LogP contribution is 2.33. The molecule has 1 saturated heterocycles. The van der Waals surface area contributed by atoms with Gasteiger partial charge in [0.1, 0.15) is 22.8 Å². The first kappa shape index (κ1) is 18.3. The van der Waals surface area contributed by atoms with Crippen molar-refractivity contribution < 1.29 is 18.1 Å². The number of carbonyl (C=O) groups is 1. The van der Waals surface area contributed by atoms with Gasteiger partial charge in [0.05, 0.1) is 11.1 Å². The van der Waals surface area contributed by atoms with Crippen molar-refractivity contribution in [3.05, 3.63) is 83.9 Å². The molecule has 0 aliphatic carbocycles. The summed E-state index contributed by atoms with van der Waals surface area (Å²) < 4.78 is 32.4. The molecule has 0 bridgehead atoms. The van der Waals surface area contributed by atoms with E-state index >= 15 is 0 Å². The van der Waals surface area contributed by atoms with Crippen molar-refractivity contribution in [3.8, 4) is 11.3 Å². The van der Waals surface area contributed by atoms with Gasteiger partial charge in [-0.05, 0) is 67.1 Å². The third-order valence-electron chi connectivity index (χ3n) is 5.12. The van der Waals surface area contributed by atoms with E-state index < -0.39 is 17.5 Å². The first-order valence-corrected chi connectivity index (χ1v) is 9.24. The molecule has 0 saturated carbocycles. The maximum Gasteiger partial charge on any atom is 0.338 e. The van der Waals surface area contributed by atoms with E-state index in [1.807, 2.05) is 12.1 Å². The van der Waals surface area contributed by atoms with Crippen LogP contribution in [0, 0.1) is 11.6 Å². The second kappa shape index (κ2) is 6.64. The first-order chi connectivity index (χ1) is 14.4. The predicted molar refractivity (Wildman–Crippen MR) is 107 cm³/mol. The normalized spacial score (nSPS) is 18.8. The minimum atomic E-state index is -0.949. The number of hydrogen-bond acceptors (Lipinski definition) is 4. The average Bonchev–Trinajstić information content (AvgIpc) is 3.29. The van der Waals surface area contributed by atoms with Gasteiger partial charge in [-0.3, -0.25) is 0 Å². The molecule has 0 spiro atoms. The molecule has 2 N–H and O–H groups in total. The molecule has 3 aromatic carbocycles. The van der Waals surface area contributed by atoms with Crippen LogP contribution in [0.3, 0.4) is 0 Å². The minimum absolute atomic E-state index is 0.342. The number of nitrogens with zero attached hydrogens (tertiary/aromatic N) is 2. The molecule has 30 heavy (non-hydrogen) atoms. The van der Waals surface area contributed by atoms with Crippen LogP contribution >= 0.6 is 0 Å². The van der Waals surface area contributed by atoms with Crippen molar-refractivity contribution >= 4 is 22.6 Å². The zero-order valence-corrected chi connectivity index (χ0v) is 15.8. The molecule has 2 amide bonds. The Morgan fingerprint density at radius 2 is 1.80 bits per heavy atom. The first-order valence-electron chi connectivity index (χ1n) is 9.24. The molecule has 0 unspecified atom stereocenters. The summed E-state index contributed by atoms with van der Waals surface area (Å²) in [6, 6.07) is 16.7. The van der Waals surface area contributed by atoms with Crippen LogP contribution in [0.5, 0.6) is 0 Å². The van der Waals surface area contributed by atoms with Gasteiger partial charge < -0.3 is 9.84 Å². The van der Waals surface area contributed by atoms with Crippen LogP contribution < -0.4 is 15.8 Å². The number of aromatic nitrogens is 1. The lowest BCUT2D eigenvalue weighted by Gasteiger charge is -2.25. The van der Waals surface area contributed by atoms with Gasteiger partial charge in [0.2, 0.25) is 0 Å². The highest BCUT2D eigenvalue weighted by molar-refractivity contribution is 5.95. The Morgan fingerprint density at radius 1 is 1.00 bits per heavy atom. The monoisotopic (exact) mass is 406 g/mol. The van der Waals surface area contributed by atoms with Gasteiger partial charge in [-0.25, -0.2) is 18.6 Å². The summed E-state index contributed by atoms with van der Waals surface area (Å²) in [6.45, 7) is 1.80. The van der Waals surface area contributed by atoms with Gasteiger partial charge in [0, 0.05) is 5.56 Å². The molecule has 0 radical (unpaired) electrons. The van der Waals surface area contributed by atoms with Gasteiger partial charge in [-0.2, -0.15) is 5.43 Å². The Kier molecular flexibility index (Phi) is 4.04. The second-order valence-electron chi connectivity index (χ2n) is 7.23. The van der Waals surface area contributed by atoms with Crippen molar-refractivity contribution in [2.75, 3.05) is 5.01 Å². The number of hydrogen-bond donors (Lipinski definition) is 2. The molecule has 4 aromatic rings. The number of halogens is 2. The Hall–Kier alpha value is -3.78. The minimum Gasteiger partial charge on any atom is -0.355 e. The molecule has 150 valence electrons. The zero-order valence-electron chi connectivity index (χ0n) is 15.8. The number of anilines is 1. The largest absolute Gasteiger partial charge is 0.355 e. The SMILES string of the molecule is C[C@]1(c2ccc3noc(-c4ccc(F)cc4)c3c2)NC(=O)N(c2cccc(F)c2)N1. The molecule has 6 nitrogen and oxygen atoms in total. The fourth-order valence-corrected chi connectivity index (χ4v) is 3.57. The van der Waals surface area contributed by atoms with E-state index in [-0.39, 0.29) is 5.82 Å². The number of urea groups is 1. The molecular formula is C22H16F2N4O2. The van der Waals surface area contributed by atoms with E-state index in [4.69, 9.17) is 4.52 Å². The number of amides is 2. The highest BCUT2D eigenvalue weighted by Gasteiger charge is 2.40. The summed E-state index contributed by atoms with van der Waals surface area (Å²) in [6.07, 6.45) is 0.